The normalized spacial score (nSPS) is 10.7. The molecule has 1 aromatic heterocycles. The molecule has 0 aliphatic carbocycles. The van der Waals surface area contributed by atoms with Gasteiger partial charge in [0.2, 0.25) is 11.8 Å². The Hall–Kier alpha value is -2.54. The van der Waals surface area contributed by atoms with Crippen molar-refractivity contribution in [3.05, 3.63) is 69.6 Å². The minimum atomic E-state index is -0.401. The van der Waals surface area contributed by atoms with Gasteiger partial charge in [0.25, 0.3) is 0 Å². The molecule has 2 amide bonds. The zero-order chi connectivity index (χ0) is 21.7. The van der Waals surface area contributed by atoms with Crippen molar-refractivity contribution in [3.8, 4) is 11.3 Å². The fraction of sp³-hybridized carbons (Fsp3) is 0.190. The molecule has 2 aromatic carbocycles. The first kappa shape index (κ1) is 22.2. The number of para-hydroxylation sites is 1. The maximum Gasteiger partial charge on any atom is 0.244 e. The summed E-state index contributed by atoms with van der Waals surface area (Å²) in [5.74, 6) is 0.413. The molecule has 0 radical (unpaired) electrons. The Morgan fingerprint density at radius 2 is 1.73 bits per heavy atom. The van der Waals surface area contributed by atoms with Gasteiger partial charge in [-0.05, 0) is 36.4 Å². The number of nitrogens with one attached hydrogen (secondary N) is 1. The van der Waals surface area contributed by atoms with Crippen molar-refractivity contribution in [2.45, 2.75) is 12.8 Å². The van der Waals surface area contributed by atoms with Crippen molar-refractivity contribution in [3.63, 3.8) is 0 Å². The Bertz CT molecular complexity index is 1030. The average molecular weight is 467 g/mol. The van der Waals surface area contributed by atoms with Crippen molar-refractivity contribution < 1.29 is 14.0 Å². The number of aromatic nitrogens is 1. The quantitative estimate of drug-likeness (QED) is 0.510. The Balaban J connectivity index is 1.51. The average Bonchev–Trinajstić information content (AvgIpc) is 3.18. The van der Waals surface area contributed by atoms with Crippen LogP contribution < -0.4 is 5.32 Å². The number of carbonyl (C=O) groups is 2. The topological polar surface area (TPSA) is 75.4 Å². The van der Waals surface area contributed by atoms with Gasteiger partial charge in [0.05, 0.1) is 28.5 Å². The van der Waals surface area contributed by atoms with Crippen LogP contribution in [-0.4, -0.2) is 35.3 Å². The van der Waals surface area contributed by atoms with E-state index in [1.165, 1.54) is 4.90 Å². The molecule has 0 atom stereocenters. The molecule has 1 heterocycles. The van der Waals surface area contributed by atoms with E-state index in [4.69, 9.17) is 39.2 Å². The van der Waals surface area contributed by atoms with Crippen molar-refractivity contribution in [1.29, 1.82) is 0 Å². The summed E-state index contributed by atoms with van der Waals surface area (Å²) < 4.78 is 5.69. The first-order chi connectivity index (χ1) is 14.3. The summed E-state index contributed by atoms with van der Waals surface area (Å²) in [6.45, 7) is -0.137. The lowest BCUT2D eigenvalue weighted by Crippen LogP contribution is -2.35. The van der Waals surface area contributed by atoms with Crippen LogP contribution in [0.5, 0.6) is 0 Å². The molecule has 0 fully saturated rings. The molecule has 1 N–H and O–H groups in total. The SMILES string of the molecule is CN(CC(=O)Nc1c(Cl)cccc1Cl)C(=O)CCc1ncc(-c2ccc(Cl)cc2)o1. The van der Waals surface area contributed by atoms with Crippen LogP contribution in [0.25, 0.3) is 11.3 Å². The second-order valence-electron chi connectivity index (χ2n) is 6.52. The van der Waals surface area contributed by atoms with Gasteiger partial charge in [-0.3, -0.25) is 9.59 Å². The molecule has 9 heteroatoms. The zero-order valence-corrected chi connectivity index (χ0v) is 18.3. The van der Waals surface area contributed by atoms with Crippen LogP contribution in [0.15, 0.2) is 53.1 Å². The minimum Gasteiger partial charge on any atom is -0.441 e. The van der Waals surface area contributed by atoms with Gasteiger partial charge in [0, 0.05) is 30.5 Å². The van der Waals surface area contributed by atoms with Crippen molar-refractivity contribution in [2.75, 3.05) is 18.9 Å². The molecule has 0 unspecified atom stereocenters. The Morgan fingerprint density at radius 1 is 1.07 bits per heavy atom. The highest BCUT2D eigenvalue weighted by Crippen LogP contribution is 2.29. The van der Waals surface area contributed by atoms with Gasteiger partial charge in [0.15, 0.2) is 11.7 Å². The van der Waals surface area contributed by atoms with Gasteiger partial charge in [-0.2, -0.15) is 0 Å². The molecule has 3 rings (SSSR count). The van der Waals surface area contributed by atoms with Gasteiger partial charge in [-0.15, -0.1) is 0 Å². The molecule has 0 saturated heterocycles. The van der Waals surface area contributed by atoms with E-state index in [1.807, 2.05) is 12.1 Å². The molecule has 0 spiro atoms. The van der Waals surface area contributed by atoms with Crippen LogP contribution in [0.2, 0.25) is 15.1 Å². The molecule has 6 nitrogen and oxygen atoms in total. The van der Waals surface area contributed by atoms with E-state index in [9.17, 15) is 9.59 Å². The summed E-state index contributed by atoms with van der Waals surface area (Å²) in [5, 5.41) is 3.91. The number of anilines is 1. The summed E-state index contributed by atoms with van der Waals surface area (Å²) in [5.41, 5.74) is 1.16. The number of likely N-dealkylation sites (N-methyl/N-ethyl adjacent to an activating group) is 1. The number of benzene rings is 2. The van der Waals surface area contributed by atoms with E-state index in [-0.39, 0.29) is 18.9 Å². The van der Waals surface area contributed by atoms with Crippen molar-refractivity contribution in [1.82, 2.24) is 9.88 Å². The third-order valence-electron chi connectivity index (χ3n) is 4.27. The molecule has 156 valence electrons. The van der Waals surface area contributed by atoms with E-state index in [2.05, 4.69) is 10.3 Å². The second-order valence-corrected chi connectivity index (χ2v) is 7.77. The van der Waals surface area contributed by atoms with Gasteiger partial charge in [-0.25, -0.2) is 4.98 Å². The maximum atomic E-state index is 12.4. The van der Waals surface area contributed by atoms with Crippen LogP contribution in [0, 0.1) is 0 Å². The van der Waals surface area contributed by atoms with E-state index < -0.39 is 5.91 Å². The number of halogens is 3. The fourth-order valence-electron chi connectivity index (χ4n) is 2.68. The Kier molecular flexibility index (Phi) is 7.37. The van der Waals surface area contributed by atoms with E-state index in [0.717, 1.165) is 5.56 Å². The fourth-order valence-corrected chi connectivity index (χ4v) is 3.30. The molecule has 0 bridgehead atoms. The number of hydrogen-bond acceptors (Lipinski definition) is 4. The number of oxazole rings is 1. The lowest BCUT2D eigenvalue weighted by molar-refractivity contribution is -0.133. The van der Waals surface area contributed by atoms with Gasteiger partial charge in [0.1, 0.15) is 0 Å². The lowest BCUT2D eigenvalue weighted by atomic mass is 10.2. The zero-order valence-electron chi connectivity index (χ0n) is 16.0. The van der Waals surface area contributed by atoms with Gasteiger partial charge >= 0.3 is 0 Å². The summed E-state index contributed by atoms with van der Waals surface area (Å²) in [7, 11) is 1.55. The van der Waals surface area contributed by atoms with E-state index >= 15 is 0 Å². The van der Waals surface area contributed by atoms with Crippen molar-refractivity contribution in [2.24, 2.45) is 0 Å². The lowest BCUT2D eigenvalue weighted by Gasteiger charge is -2.17. The molecular formula is C21H18Cl3N3O3. The minimum absolute atomic E-state index is 0.137. The van der Waals surface area contributed by atoms with Crippen LogP contribution in [0.4, 0.5) is 5.69 Å². The second kappa shape index (κ2) is 9.98. The van der Waals surface area contributed by atoms with Gasteiger partial charge in [-0.1, -0.05) is 40.9 Å². The number of aryl methyl sites for hydroxylation is 1. The smallest absolute Gasteiger partial charge is 0.244 e. The predicted octanol–water partition coefficient (Wildman–Crippen LogP) is 5.33. The summed E-state index contributed by atoms with van der Waals surface area (Å²) in [6.07, 6.45) is 2.07. The highest BCUT2D eigenvalue weighted by molar-refractivity contribution is 6.39. The van der Waals surface area contributed by atoms with E-state index in [1.54, 1.807) is 43.6 Å². The van der Waals surface area contributed by atoms with Gasteiger partial charge < -0.3 is 14.6 Å². The molecule has 3 aromatic rings. The summed E-state index contributed by atoms with van der Waals surface area (Å²) in [4.78, 5) is 30.1. The highest BCUT2D eigenvalue weighted by atomic mass is 35.5. The first-order valence-corrected chi connectivity index (χ1v) is 10.2. The number of nitrogens with zero attached hydrogens (tertiary/aromatic N) is 2. The third-order valence-corrected chi connectivity index (χ3v) is 5.15. The standard InChI is InChI=1S/C21H18Cl3N3O3/c1-27(12-18(28)26-21-15(23)3-2-4-16(21)24)20(29)10-9-19-25-11-17(30-19)13-5-7-14(22)8-6-13/h2-8,11H,9-10,12H2,1H3,(H,26,28). The van der Waals surface area contributed by atoms with Crippen LogP contribution >= 0.6 is 34.8 Å². The van der Waals surface area contributed by atoms with Crippen LogP contribution in [-0.2, 0) is 16.0 Å². The summed E-state index contributed by atoms with van der Waals surface area (Å²) in [6, 6.07) is 12.1. The summed E-state index contributed by atoms with van der Waals surface area (Å²) >= 11 is 18.0. The number of amides is 2. The van der Waals surface area contributed by atoms with Crippen molar-refractivity contribution >= 4 is 52.3 Å². The first-order valence-electron chi connectivity index (χ1n) is 9.02. The Labute approximate surface area is 188 Å². The monoisotopic (exact) mass is 465 g/mol. The number of hydrogen-bond donors (Lipinski definition) is 1. The predicted molar refractivity (Wildman–Crippen MR) is 118 cm³/mol. The van der Waals surface area contributed by atoms with Crippen LogP contribution in [0.1, 0.15) is 12.3 Å². The van der Waals surface area contributed by atoms with Crippen LogP contribution in [0.3, 0.4) is 0 Å². The molecule has 0 aliphatic heterocycles. The Morgan fingerprint density at radius 3 is 2.40 bits per heavy atom. The third kappa shape index (κ3) is 5.75. The highest BCUT2D eigenvalue weighted by Gasteiger charge is 2.16. The molecule has 0 aliphatic rings. The molecule has 0 saturated carbocycles. The number of rotatable bonds is 7. The van der Waals surface area contributed by atoms with E-state index in [0.29, 0.717) is 38.8 Å². The molecule has 30 heavy (non-hydrogen) atoms. The largest absolute Gasteiger partial charge is 0.441 e. The number of carbonyl (C=O) groups excluding carboxylic acids is 2. The maximum absolute atomic E-state index is 12.4. The molecular weight excluding hydrogens is 449 g/mol.